The van der Waals surface area contributed by atoms with Crippen LogP contribution in [0.4, 0.5) is 0 Å². The fourth-order valence-electron chi connectivity index (χ4n) is 2.36. The van der Waals surface area contributed by atoms with Crippen molar-refractivity contribution in [1.29, 1.82) is 0 Å². The molecule has 0 saturated carbocycles. The van der Waals surface area contributed by atoms with Crippen LogP contribution in [0.1, 0.15) is 37.3 Å². The van der Waals surface area contributed by atoms with Crippen molar-refractivity contribution < 1.29 is 19.4 Å². The molecular formula is C17H22O4. The van der Waals surface area contributed by atoms with Gasteiger partial charge in [0.05, 0.1) is 6.61 Å². The van der Waals surface area contributed by atoms with E-state index in [9.17, 15) is 14.7 Å². The van der Waals surface area contributed by atoms with E-state index in [-0.39, 0.29) is 13.0 Å². The number of hydrogen-bond acceptors (Lipinski definition) is 3. The summed E-state index contributed by atoms with van der Waals surface area (Å²) in [5.41, 5.74) is -0.269. The number of carboxylic acid groups (broad SMARTS) is 1. The number of benzene rings is 1. The van der Waals surface area contributed by atoms with E-state index < -0.39 is 17.4 Å². The molecule has 1 unspecified atom stereocenters. The Morgan fingerprint density at radius 2 is 2.14 bits per heavy atom. The smallest absolute Gasteiger partial charge is 0.328 e. The summed E-state index contributed by atoms with van der Waals surface area (Å²) in [6.45, 7) is 7.32. The summed E-state index contributed by atoms with van der Waals surface area (Å²) in [5.74, 6) is -1.87. The molecule has 0 aliphatic carbocycles. The summed E-state index contributed by atoms with van der Waals surface area (Å²) in [6, 6.07) is 7.03. The highest BCUT2D eigenvalue weighted by atomic mass is 16.5. The number of aliphatic carboxylic acids is 1. The molecule has 1 aromatic rings. The predicted octanol–water partition coefficient (Wildman–Crippen LogP) is 3.24. The molecule has 0 aliphatic heterocycles. The summed E-state index contributed by atoms with van der Waals surface area (Å²) in [6.07, 6.45) is 3.12. The fraction of sp³-hybridized carbons (Fsp3) is 0.412. The Balaban J connectivity index is 3.32. The number of hydrogen-bond donors (Lipinski definition) is 1. The van der Waals surface area contributed by atoms with Gasteiger partial charge < -0.3 is 9.84 Å². The molecule has 0 spiro atoms. The Hall–Kier alpha value is -2.10. The van der Waals surface area contributed by atoms with Crippen LogP contribution in [-0.2, 0) is 19.7 Å². The Kier molecular flexibility index (Phi) is 6.15. The first-order chi connectivity index (χ1) is 9.98. The summed E-state index contributed by atoms with van der Waals surface area (Å²) < 4.78 is 5.05. The molecule has 1 atom stereocenters. The van der Waals surface area contributed by atoms with Crippen molar-refractivity contribution in [2.45, 2.75) is 38.5 Å². The lowest BCUT2D eigenvalue weighted by Gasteiger charge is -2.28. The van der Waals surface area contributed by atoms with E-state index in [1.165, 1.54) is 0 Å². The predicted molar refractivity (Wildman–Crippen MR) is 81.2 cm³/mol. The standard InChI is InChI=1S/C17H22O4/c1-4-6-7-11-17(15(18)19,16(20)21-5-2)14-10-8-9-13(3)12-14/h4,8-10,12H,1,5-7,11H2,2-3H3,(H,18,19). The van der Waals surface area contributed by atoms with Gasteiger partial charge in [0.25, 0.3) is 0 Å². The maximum absolute atomic E-state index is 12.4. The SMILES string of the molecule is C=CCCCC(C(=O)O)(C(=O)OCC)c1cccc(C)c1. The lowest BCUT2D eigenvalue weighted by atomic mass is 9.76. The van der Waals surface area contributed by atoms with E-state index in [0.717, 1.165) is 5.56 Å². The van der Waals surface area contributed by atoms with Crippen LogP contribution >= 0.6 is 0 Å². The van der Waals surface area contributed by atoms with E-state index in [1.807, 2.05) is 13.0 Å². The zero-order valence-electron chi connectivity index (χ0n) is 12.6. The first-order valence-electron chi connectivity index (χ1n) is 7.07. The number of aryl methyl sites for hydroxylation is 1. The van der Waals surface area contributed by atoms with Gasteiger partial charge in [-0.25, -0.2) is 0 Å². The summed E-state index contributed by atoms with van der Waals surface area (Å²) >= 11 is 0. The minimum absolute atomic E-state index is 0.154. The highest BCUT2D eigenvalue weighted by Gasteiger charge is 2.48. The molecule has 0 aliphatic rings. The molecule has 0 saturated heterocycles. The number of unbranched alkanes of at least 4 members (excludes halogenated alkanes) is 1. The molecular weight excluding hydrogens is 268 g/mol. The number of carbonyl (C=O) groups is 2. The van der Waals surface area contributed by atoms with Gasteiger partial charge in [-0.1, -0.05) is 35.9 Å². The van der Waals surface area contributed by atoms with E-state index in [2.05, 4.69) is 6.58 Å². The van der Waals surface area contributed by atoms with Gasteiger partial charge in [-0.15, -0.1) is 6.58 Å². The molecule has 0 amide bonds. The van der Waals surface area contributed by atoms with Crippen molar-refractivity contribution >= 4 is 11.9 Å². The largest absolute Gasteiger partial charge is 0.480 e. The van der Waals surface area contributed by atoms with Gasteiger partial charge in [-0.05, 0) is 38.7 Å². The second-order valence-electron chi connectivity index (χ2n) is 4.98. The number of carbonyl (C=O) groups excluding carboxylic acids is 1. The summed E-state index contributed by atoms with van der Waals surface area (Å²) in [7, 11) is 0. The molecule has 0 aromatic heterocycles. The van der Waals surface area contributed by atoms with Crippen molar-refractivity contribution in [1.82, 2.24) is 0 Å². The van der Waals surface area contributed by atoms with Crippen LogP contribution in [0.15, 0.2) is 36.9 Å². The summed E-state index contributed by atoms with van der Waals surface area (Å²) in [4.78, 5) is 24.3. The third-order valence-corrected chi connectivity index (χ3v) is 3.46. The van der Waals surface area contributed by atoms with E-state index in [4.69, 9.17) is 4.74 Å². The van der Waals surface area contributed by atoms with Crippen molar-refractivity contribution in [2.24, 2.45) is 0 Å². The van der Waals surface area contributed by atoms with E-state index in [1.54, 1.807) is 31.2 Å². The molecule has 0 fully saturated rings. The second kappa shape index (κ2) is 7.62. The molecule has 1 aromatic carbocycles. The highest BCUT2D eigenvalue weighted by molar-refractivity contribution is 6.05. The molecule has 0 radical (unpaired) electrons. The Bertz CT molecular complexity index is 521. The van der Waals surface area contributed by atoms with E-state index >= 15 is 0 Å². The van der Waals surface area contributed by atoms with Gasteiger partial charge in [0.15, 0.2) is 5.41 Å². The van der Waals surface area contributed by atoms with Crippen molar-refractivity contribution in [2.75, 3.05) is 6.61 Å². The van der Waals surface area contributed by atoms with Crippen LogP contribution in [0.3, 0.4) is 0 Å². The second-order valence-corrected chi connectivity index (χ2v) is 4.98. The minimum atomic E-state index is -1.65. The van der Waals surface area contributed by atoms with Gasteiger partial charge in [-0.3, -0.25) is 9.59 Å². The molecule has 0 heterocycles. The first-order valence-corrected chi connectivity index (χ1v) is 7.07. The van der Waals surface area contributed by atoms with Crippen molar-refractivity contribution in [3.8, 4) is 0 Å². The number of ether oxygens (including phenoxy) is 1. The topological polar surface area (TPSA) is 63.6 Å². The van der Waals surface area contributed by atoms with Gasteiger partial charge in [0, 0.05) is 0 Å². The molecule has 4 heteroatoms. The normalized spacial score (nSPS) is 13.2. The average Bonchev–Trinajstić information content (AvgIpc) is 2.43. The van der Waals surface area contributed by atoms with E-state index in [0.29, 0.717) is 18.4 Å². The minimum Gasteiger partial charge on any atom is -0.480 e. The third kappa shape index (κ3) is 3.72. The molecule has 0 bridgehead atoms. The van der Waals surface area contributed by atoms with Crippen molar-refractivity contribution in [3.05, 3.63) is 48.0 Å². The Morgan fingerprint density at radius 3 is 2.67 bits per heavy atom. The molecule has 21 heavy (non-hydrogen) atoms. The number of rotatable bonds is 8. The van der Waals surface area contributed by atoms with Gasteiger partial charge in [0.2, 0.25) is 0 Å². The Labute approximate surface area is 125 Å². The molecule has 4 nitrogen and oxygen atoms in total. The van der Waals surface area contributed by atoms with Crippen LogP contribution < -0.4 is 0 Å². The highest BCUT2D eigenvalue weighted by Crippen LogP contribution is 2.33. The lowest BCUT2D eigenvalue weighted by molar-refractivity contribution is -0.162. The zero-order valence-corrected chi connectivity index (χ0v) is 12.6. The Morgan fingerprint density at radius 1 is 1.43 bits per heavy atom. The quantitative estimate of drug-likeness (QED) is 0.345. The van der Waals surface area contributed by atoms with Crippen LogP contribution in [0, 0.1) is 6.92 Å². The van der Waals surface area contributed by atoms with Crippen LogP contribution in [0.25, 0.3) is 0 Å². The van der Waals surface area contributed by atoms with Crippen LogP contribution in [-0.4, -0.2) is 23.7 Å². The monoisotopic (exact) mass is 290 g/mol. The van der Waals surface area contributed by atoms with Gasteiger partial charge in [0.1, 0.15) is 0 Å². The molecule has 1 N–H and O–H groups in total. The van der Waals surface area contributed by atoms with Crippen LogP contribution in [0.5, 0.6) is 0 Å². The maximum Gasteiger partial charge on any atom is 0.328 e. The zero-order chi connectivity index (χ0) is 15.9. The summed E-state index contributed by atoms with van der Waals surface area (Å²) in [5, 5.41) is 9.74. The van der Waals surface area contributed by atoms with Crippen LogP contribution in [0.2, 0.25) is 0 Å². The molecule has 1 rings (SSSR count). The molecule has 114 valence electrons. The van der Waals surface area contributed by atoms with Gasteiger partial charge >= 0.3 is 11.9 Å². The van der Waals surface area contributed by atoms with Gasteiger partial charge in [-0.2, -0.15) is 0 Å². The average molecular weight is 290 g/mol. The number of carboxylic acids is 1. The lowest BCUT2D eigenvalue weighted by Crippen LogP contribution is -2.45. The fourth-order valence-corrected chi connectivity index (χ4v) is 2.36. The maximum atomic E-state index is 12.4. The van der Waals surface area contributed by atoms with Crippen molar-refractivity contribution in [3.63, 3.8) is 0 Å². The number of allylic oxidation sites excluding steroid dienone is 1. The number of esters is 1. The third-order valence-electron chi connectivity index (χ3n) is 3.46. The first kappa shape index (κ1) is 17.0.